The molecule has 0 aliphatic heterocycles. The summed E-state index contributed by atoms with van der Waals surface area (Å²) in [5, 5.41) is 2.89. The van der Waals surface area contributed by atoms with Crippen molar-refractivity contribution in [1.82, 2.24) is 0 Å². The van der Waals surface area contributed by atoms with Gasteiger partial charge >= 0.3 is 99.2 Å². The molecule has 3 aromatic rings. The summed E-state index contributed by atoms with van der Waals surface area (Å²) in [5.41, 5.74) is 15.4. The van der Waals surface area contributed by atoms with E-state index in [9.17, 15) is 0 Å². The Morgan fingerprint density at radius 1 is 0.771 bits per heavy atom. The number of hydrogen-bond acceptors (Lipinski definition) is 0. The van der Waals surface area contributed by atoms with Gasteiger partial charge in [-0.2, -0.15) is 0 Å². The first-order valence-electron chi connectivity index (χ1n) is 18.8. The fraction of sp³-hybridized carbons (Fsp3) is 0.383. The Bertz CT molecular complexity index is 1800. The molecule has 1 unspecified atom stereocenters. The number of aryl methyl sites for hydroxylation is 2. The van der Waals surface area contributed by atoms with Gasteiger partial charge in [-0.15, -0.1) is 33.7 Å². The Labute approximate surface area is 306 Å². The van der Waals surface area contributed by atoms with Crippen LogP contribution < -0.4 is 10.4 Å². The molecule has 3 aliphatic rings. The van der Waals surface area contributed by atoms with Gasteiger partial charge < -0.3 is 0 Å². The monoisotopic (exact) mass is 709 g/mol. The van der Waals surface area contributed by atoms with Gasteiger partial charge in [0, 0.05) is 0 Å². The SMILES string of the molecule is CCCC1=C(CCC)C(CC)(CCC)C(C2=CC=CC2)=C2[C-]=c3cc(CC)cc(CCC)c3=C21.[Zr]=[C](c1ccccc1)c1ccccc1. The number of benzene rings is 3. The van der Waals surface area contributed by atoms with E-state index in [0.717, 1.165) is 19.3 Å². The molecular formula is C47H55Zr-. The summed E-state index contributed by atoms with van der Waals surface area (Å²) in [4.78, 5) is 0. The number of rotatable bonds is 13. The van der Waals surface area contributed by atoms with E-state index in [1.807, 2.05) is 0 Å². The van der Waals surface area contributed by atoms with Gasteiger partial charge in [-0.1, -0.05) is 125 Å². The van der Waals surface area contributed by atoms with E-state index in [-0.39, 0.29) is 5.41 Å². The molecule has 248 valence electrons. The van der Waals surface area contributed by atoms with Gasteiger partial charge in [0.05, 0.1) is 0 Å². The minimum atomic E-state index is 0.152. The van der Waals surface area contributed by atoms with Crippen molar-refractivity contribution in [3.63, 3.8) is 0 Å². The first-order chi connectivity index (χ1) is 23.5. The summed E-state index contributed by atoms with van der Waals surface area (Å²) < 4.78 is 1.42. The topological polar surface area (TPSA) is 0 Å². The van der Waals surface area contributed by atoms with Crippen molar-refractivity contribution in [2.24, 2.45) is 5.41 Å². The van der Waals surface area contributed by atoms with Crippen LogP contribution in [0.1, 0.15) is 122 Å². The third kappa shape index (κ3) is 7.33. The summed E-state index contributed by atoms with van der Waals surface area (Å²) >= 11 is 1.46. The summed E-state index contributed by atoms with van der Waals surface area (Å²) in [6, 6.07) is 26.1. The number of fused-ring (bicyclic) bond motifs is 2. The molecule has 0 aromatic heterocycles. The van der Waals surface area contributed by atoms with Crippen molar-refractivity contribution in [2.45, 2.75) is 112 Å². The molecule has 0 amide bonds. The molecule has 0 nitrogen and oxygen atoms in total. The zero-order valence-electron chi connectivity index (χ0n) is 30.4. The molecule has 3 aromatic carbocycles. The quantitative estimate of drug-likeness (QED) is 0.155. The van der Waals surface area contributed by atoms with Crippen molar-refractivity contribution >= 4 is 14.9 Å². The van der Waals surface area contributed by atoms with E-state index in [0.29, 0.717) is 0 Å². The van der Waals surface area contributed by atoms with E-state index in [1.165, 1.54) is 112 Å². The molecule has 0 radical (unpaired) electrons. The molecule has 48 heavy (non-hydrogen) atoms. The predicted molar refractivity (Wildman–Crippen MR) is 205 cm³/mol. The minimum absolute atomic E-state index is 0.152. The van der Waals surface area contributed by atoms with E-state index >= 15 is 0 Å². The third-order valence-electron chi connectivity index (χ3n) is 10.4. The standard InChI is InChI=1S/C34H45.C13H10.Zr/c1-7-15-26-21-24(11-5)22-27-23-29-32(31(26)27)28(16-8-2)30(17-9-3)34(12-6,20-10-4)33(29)25-18-13-14-19-25;1-3-7-12(8-4-1)11-13-9-5-2-6-10-13;/h13-14,18,21-22H,7-12,15-17,19-20H2,1-6H3;1-10H;/q-1;;. The number of allylic oxidation sites excluding steroid dienone is 8. The van der Waals surface area contributed by atoms with Gasteiger partial charge in [-0.25, -0.2) is 0 Å². The van der Waals surface area contributed by atoms with Crippen molar-refractivity contribution in [2.75, 3.05) is 0 Å². The molecule has 0 saturated heterocycles. The van der Waals surface area contributed by atoms with Crippen LogP contribution >= 0.6 is 0 Å². The second-order valence-corrected chi connectivity index (χ2v) is 14.8. The van der Waals surface area contributed by atoms with Crippen LogP contribution in [0, 0.1) is 5.41 Å². The first-order valence-corrected chi connectivity index (χ1v) is 20.0. The van der Waals surface area contributed by atoms with Crippen molar-refractivity contribution in [3.05, 3.63) is 152 Å². The molecular weight excluding hydrogens is 656 g/mol. The Morgan fingerprint density at radius 2 is 1.42 bits per heavy atom. The van der Waals surface area contributed by atoms with Crippen LogP contribution in [0.4, 0.5) is 0 Å². The van der Waals surface area contributed by atoms with Gasteiger partial charge in [-0.05, 0) is 50.4 Å². The molecule has 0 spiro atoms. The molecule has 0 heterocycles. The first kappa shape index (κ1) is 36.4. The molecule has 1 atom stereocenters. The molecule has 1 heteroatoms. The maximum atomic E-state index is 4.08. The Hall–Kier alpha value is -2.89. The van der Waals surface area contributed by atoms with Crippen molar-refractivity contribution in [1.29, 1.82) is 0 Å². The van der Waals surface area contributed by atoms with Gasteiger partial charge in [-0.3, -0.25) is 0 Å². The average Bonchev–Trinajstić information content (AvgIpc) is 3.79. The van der Waals surface area contributed by atoms with Gasteiger partial charge in [0.15, 0.2) is 0 Å². The van der Waals surface area contributed by atoms with Crippen molar-refractivity contribution in [3.8, 4) is 0 Å². The van der Waals surface area contributed by atoms with Crippen molar-refractivity contribution < 1.29 is 24.2 Å². The van der Waals surface area contributed by atoms with E-state index in [2.05, 4.69) is 139 Å². The van der Waals surface area contributed by atoms with E-state index in [1.54, 1.807) is 33.4 Å². The third-order valence-corrected chi connectivity index (χ3v) is 11.9. The van der Waals surface area contributed by atoms with Crippen LogP contribution in [-0.4, -0.2) is 3.21 Å². The molecule has 0 N–H and O–H groups in total. The van der Waals surface area contributed by atoms with Crippen LogP contribution in [0.2, 0.25) is 0 Å². The van der Waals surface area contributed by atoms with Crippen LogP contribution in [-0.2, 0) is 37.1 Å². The summed E-state index contributed by atoms with van der Waals surface area (Å²) in [7, 11) is 0. The molecule has 0 bridgehead atoms. The van der Waals surface area contributed by atoms with Gasteiger partial charge in [0.25, 0.3) is 0 Å². The molecule has 0 fully saturated rings. The predicted octanol–water partition coefficient (Wildman–Crippen LogP) is 11.1. The summed E-state index contributed by atoms with van der Waals surface area (Å²) in [5.74, 6) is 0. The van der Waals surface area contributed by atoms with Crippen LogP contribution in [0.3, 0.4) is 0 Å². The zero-order chi connectivity index (χ0) is 34.1. The fourth-order valence-electron chi connectivity index (χ4n) is 8.39. The Morgan fingerprint density at radius 3 is 1.94 bits per heavy atom. The molecule has 3 aliphatic carbocycles. The van der Waals surface area contributed by atoms with Gasteiger partial charge in [0.1, 0.15) is 0 Å². The average molecular weight is 711 g/mol. The second kappa shape index (κ2) is 17.2. The molecule has 6 rings (SSSR count). The van der Waals surface area contributed by atoms with Crippen LogP contribution in [0.5, 0.6) is 0 Å². The zero-order valence-corrected chi connectivity index (χ0v) is 32.9. The Kier molecular flexibility index (Phi) is 13.0. The summed E-state index contributed by atoms with van der Waals surface area (Å²) in [6.45, 7) is 14.2. The van der Waals surface area contributed by atoms with Crippen LogP contribution in [0.15, 0.2) is 119 Å². The number of hydrogen-bond donors (Lipinski definition) is 0. The fourth-order valence-corrected chi connectivity index (χ4v) is 9.21. The second-order valence-electron chi connectivity index (χ2n) is 13.6. The van der Waals surface area contributed by atoms with Gasteiger partial charge in [0.2, 0.25) is 0 Å². The molecule has 0 saturated carbocycles. The van der Waals surface area contributed by atoms with Crippen LogP contribution in [0.25, 0.3) is 11.6 Å². The normalized spacial score (nSPS) is 17.9. The Balaban J connectivity index is 0.000000267. The van der Waals surface area contributed by atoms with E-state index < -0.39 is 0 Å². The summed E-state index contributed by atoms with van der Waals surface area (Å²) in [6.07, 6.45) is 24.1. The maximum absolute atomic E-state index is 4.08. The van der Waals surface area contributed by atoms with E-state index in [4.69, 9.17) is 0 Å².